The number of esters is 2. The number of nitrogens with zero attached hydrogens (tertiary/aromatic N) is 1. The Hall–Kier alpha value is -4.18. The maximum absolute atomic E-state index is 13.6. The standard InChI is InChI=1S/C26H26N2O7S/c1-17-10-11-18(2)23(14-17)28(36(32,33)20-8-6-5-7-9-20)16-24(29)27-22-15-19(25(30)34-3)12-13-21(22)26(31)35-4/h5-15H,16H2,1-4H3,(H,27,29). The molecule has 3 aromatic rings. The second-order valence-corrected chi connectivity index (χ2v) is 9.77. The predicted octanol–water partition coefficient (Wildman–Crippen LogP) is 3.71. The van der Waals surface area contributed by atoms with Gasteiger partial charge in [0.1, 0.15) is 6.54 Å². The summed E-state index contributed by atoms with van der Waals surface area (Å²) in [7, 11) is -1.75. The highest BCUT2D eigenvalue weighted by atomic mass is 32.2. The van der Waals surface area contributed by atoms with Gasteiger partial charge in [-0.1, -0.05) is 30.3 Å². The Morgan fingerprint density at radius 1 is 0.861 bits per heavy atom. The van der Waals surface area contributed by atoms with E-state index in [0.29, 0.717) is 11.3 Å². The first-order valence-electron chi connectivity index (χ1n) is 10.8. The first-order valence-corrected chi connectivity index (χ1v) is 12.3. The minimum absolute atomic E-state index is 0.0114. The zero-order valence-electron chi connectivity index (χ0n) is 20.3. The van der Waals surface area contributed by atoms with Crippen molar-refractivity contribution < 1.29 is 32.3 Å². The first-order chi connectivity index (χ1) is 17.1. The number of hydrogen-bond donors (Lipinski definition) is 1. The van der Waals surface area contributed by atoms with Gasteiger partial charge in [0.2, 0.25) is 5.91 Å². The zero-order chi connectivity index (χ0) is 26.5. The van der Waals surface area contributed by atoms with Gasteiger partial charge in [0.05, 0.1) is 41.6 Å². The van der Waals surface area contributed by atoms with Gasteiger partial charge in [-0.3, -0.25) is 9.10 Å². The lowest BCUT2D eigenvalue weighted by Crippen LogP contribution is -2.38. The highest BCUT2D eigenvalue weighted by Crippen LogP contribution is 2.28. The van der Waals surface area contributed by atoms with Gasteiger partial charge in [-0.25, -0.2) is 18.0 Å². The fourth-order valence-corrected chi connectivity index (χ4v) is 5.01. The van der Waals surface area contributed by atoms with E-state index in [-0.39, 0.29) is 21.7 Å². The van der Waals surface area contributed by atoms with Crippen LogP contribution in [0.25, 0.3) is 0 Å². The predicted molar refractivity (Wildman–Crippen MR) is 135 cm³/mol. The Morgan fingerprint density at radius 3 is 2.17 bits per heavy atom. The van der Waals surface area contributed by atoms with Gasteiger partial charge < -0.3 is 14.8 Å². The van der Waals surface area contributed by atoms with Gasteiger partial charge in [0, 0.05) is 0 Å². The number of benzene rings is 3. The highest BCUT2D eigenvalue weighted by Gasteiger charge is 2.29. The Kier molecular flexibility index (Phi) is 8.11. The van der Waals surface area contributed by atoms with Gasteiger partial charge in [-0.05, 0) is 61.4 Å². The second-order valence-electron chi connectivity index (χ2n) is 7.91. The average Bonchev–Trinajstić information content (AvgIpc) is 2.88. The van der Waals surface area contributed by atoms with Crippen LogP contribution in [0.1, 0.15) is 31.8 Å². The van der Waals surface area contributed by atoms with E-state index in [1.54, 1.807) is 37.3 Å². The van der Waals surface area contributed by atoms with E-state index in [2.05, 4.69) is 5.32 Å². The van der Waals surface area contributed by atoms with E-state index in [0.717, 1.165) is 9.87 Å². The number of ether oxygens (including phenoxy) is 2. The molecule has 3 rings (SSSR count). The van der Waals surface area contributed by atoms with E-state index in [1.165, 1.54) is 44.6 Å². The molecule has 0 aliphatic carbocycles. The largest absolute Gasteiger partial charge is 0.465 e. The molecule has 3 aromatic carbocycles. The molecule has 1 N–H and O–H groups in total. The van der Waals surface area contributed by atoms with Crippen molar-refractivity contribution in [3.63, 3.8) is 0 Å². The lowest BCUT2D eigenvalue weighted by atomic mass is 10.1. The number of methoxy groups -OCH3 is 2. The summed E-state index contributed by atoms with van der Waals surface area (Å²) in [5, 5.41) is 2.55. The maximum atomic E-state index is 13.6. The molecule has 0 aromatic heterocycles. The molecule has 10 heteroatoms. The molecule has 1 amide bonds. The average molecular weight is 511 g/mol. The van der Waals surface area contributed by atoms with Crippen LogP contribution in [0.4, 0.5) is 11.4 Å². The topological polar surface area (TPSA) is 119 Å². The van der Waals surface area contributed by atoms with Crippen molar-refractivity contribution in [2.45, 2.75) is 18.7 Å². The van der Waals surface area contributed by atoms with Crippen LogP contribution in [0.3, 0.4) is 0 Å². The van der Waals surface area contributed by atoms with Gasteiger partial charge in [-0.2, -0.15) is 0 Å². The molecule has 0 spiro atoms. The lowest BCUT2D eigenvalue weighted by Gasteiger charge is -2.26. The monoisotopic (exact) mass is 510 g/mol. The Balaban J connectivity index is 2.04. The van der Waals surface area contributed by atoms with Crippen LogP contribution in [0.2, 0.25) is 0 Å². The number of carbonyl (C=O) groups is 3. The fraction of sp³-hybridized carbons (Fsp3) is 0.192. The van der Waals surface area contributed by atoms with Crippen LogP contribution in [0.5, 0.6) is 0 Å². The third-order valence-electron chi connectivity index (χ3n) is 5.37. The smallest absolute Gasteiger partial charge is 0.339 e. The van der Waals surface area contributed by atoms with E-state index < -0.39 is 34.4 Å². The maximum Gasteiger partial charge on any atom is 0.339 e. The number of rotatable bonds is 8. The Morgan fingerprint density at radius 2 is 1.53 bits per heavy atom. The van der Waals surface area contributed by atoms with Crippen LogP contribution < -0.4 is 9.62 Å². The van der Waals surface area contributed by atoms with Crippen molar-refractivity contribution >= 4 is 39.2 Å². The number of amides is 1. The number of sulfonamides is 1. The molecule has 0 fully saturated rings. The molecule has 36 heavy (non-hydrogen) atoms. The molecule has 0 saturated heterocycles. The molecule has 0 atom stereocenters. The van der Waals surface area contributed by atoms with Crippen molar-refractivity contribution in [3.05, 3.63) is 89.0 Å². The summed E-state index contributed by atoms with van der Waals surface area (Å²) in [6.07, 6.45) is 0. The SMILES string of the molecule is COC(=O)c1ccc(C(=O)OC)c(NC(=O)CN(c2cc(C)ccc2C)S(=O)(=O)c2ccccc2)c1. The van der Waals surface area contributed by atoms with E-state index in [1.807, 2.05) is 13.0 Å². The van der Waals surface area contributed by atoms with E-state index in [9.17, 15) is 22.8 Å². The van der Waals surface area contributed by atoms with E-state index in [4.69, 9.17) is 9.47 Å². The van der Waals surface area contributed by atoms with Crippen molar-refractivity contribution in [3.8, 4) is 0 Å². The summed E-state index contributed by atoms with van der Waals surface area (Å²) in [5.74, 6) is -2.15. The molecule has 0 saturated carbocycles. The summed E-state index contributed by atoms with van der Waals surface area (Å²) >= 11 is 0. The molecule has 0 aliphatic heterocycles. The number of nitrogens with one attached hydrogen (secondary N) is 1. The summed E-state index contributed by atoms with van der Waals surface area (Å²) < 4.78 is 37.7. The molecule has 0 aliphatic rings. The third-order valence-corrected chi connectivity index (χ3v) is 7.15. The Bertz CT molecular complexity index is 1400. The molecule has 0 radical (unpaired) electrons. The van der Waals surface area contributed by atoms with Crippen LogP contribution in [-0.2, 0) is 24.3 Å². The van der Waals surface area contributed by atoms with Gasteiger partial charge >= 0.3 is 11.9 Å². The molecular formula is C26H26N2O7S. The van der Waals surface area contributed by atoms with Gasteiger partial charge in [0.25, 0.3) is 10.0 Å². The molecular weight excluding hydrogens is 484 g/mol. The summed E-state index contributed by atoms with van der Waals surface area (Å²) in [6, 6.07) is 17.0. The second kappa shape index (κ2) is 11.0. The molecule has 0 heterocycles. The molecule has 0 unspecified atom stereocenters. The van der Waals surface area contributed by atoms with Crippen molar-refractivity contribution in [1.82, 2.24) is 0 Å². The normalized spacial score (nSPS) is 10.9. The first kappa shape index (κ1) is 26.4. The summed E-state index contributed by atoms with van der Waals surface area (Å²) in [6.45, 7) is 2.97. The van der Waals surface area contributed by atoms with Crippen LogP contribution in [0, 0.1) is 13.8 Å². The molecule has 188 valence electrons. The summed E-state index contributed by atoms with van der Waals surface area (Å²) in [5.41, 5.74) is 1.85. The summed E-state index contributed by atoms with van der Waals surface area (Å²) in [4.78, 5) is 37.4. The molecule has 9 nitrogen and oxygen atoms in total. The Labute approximate surface area is 209 Å². The minimum Gasteiger partial charge on any atom is -0.465 e. The lowest BCUT2D eigenvalue weighted by molar-refractivity contribution is -0.114. The fourth-order valence-electron chi connectivity index (χ4n) is 3.51. The highest BCUT2D eigenvalue weighted by molar-refractivity contribution is 7.92. The van der Waals surface area contributed by atoms with E-state index >= 15 is 0 Å². The third kappa shape index (κ3) is 5.72. The quantitative estimate of drug-likeness (QED) is 0.459. The van der Waals surface area contributed by atoms with Crippen molar-refractivity contribution in [2.24, 2.45) is 0 Å². The van der Waals surface area contributed by atoms with Crippen LogP contribution >= 0.6 is 0 Å². The van der Waals surface area contributed by atoms with Crippen LogP contribution in [-0.4, -0.2) is 47.0 Å². The van der Waals surface area contributed by atoms with Crippen molar-refractivity contribution in [1.29, 1.82) is 0 Å². The van der Waals surface area contributed by atoms with Gasteiger partial charge in [-0.15, -0.1) is 0 Å². The number of aryl methyl sites for hydroxylation is 2. The zero-order valence-corrected chi connectivity index (χ0v) is 21.1. The minimum atomic E-state index is -4.13. The van der Waals surface area contributed by atoms with Gasteiger partial charge in [0.15, 0.2) is 0 Å². The number of carbonyl (C=O) groups excluding carboxylic acids is 3. The number of hydrogen-bond acceptors (Lipinski definition) is 7. The van der Waals surface area contributed by atoms with Crippen molar-refractivity contribution in [2.75, 3.05) is 30.4 Å². The van der Waals surface area contributed by atoms with Crippen LogP contribution in [0.15, 0.2) is 71.6 Å². The molecule has 0 bridgehead atoms. The number of anilines is 2.